The van der Waals surface area contributed by atoms with Gasteiger partial charge in [0.1, 0.15) is 0 Å². The fourth-order valence-corrected chi connectivity index (χ4v) is 0. The molecule has 0 nitrogen and oxygen atoms in total. The minimum atomic E-state index is 0. The van der Waals surface area contributed by atoms with Crippen molar-refractivity contribution in [2.45, 2.75) is 0 Å². The molecule has 0 saturated carbocycles. The van der Waals surface area contributed by atoms with E-state index >= 15 is 0 Å². The third kappa shape index (κ3) is 438. The van der Waals surface area contributed by atoms with Crippen molar-refractivity contribution in [2.75, 3.05) is 0 Å². The quantitative estimate of drug-likeness (QED) is 0.212. The van der Waals surface area contributed by atoms with Crippen LogP contribution >= 0.6 is 86.8 Å². The first-order chi connectivity index (χ1) is 0. The summed E-state index contributed by atoms with van der Waals surface area (Å²) in [7, 11) is 0. The molecule has 0 aromatic rings. The Hall–Kier alpha value is 16.5. The smallest absolute Gasteiger partial charge is 1.00 e. The van der Waals surface area contributed by atoms with Crippen molar-refractivity contribution in [2.24, 2.45) is 0 Å². The van der Waals surface area contributed by atoms with Gasteiger partial charge in [-0.2, -0.15) is 0 Å². The first-order valence-corrected chi connectivity index (χ1v) is 0. The second kappa shape index (κ2) is 456. The average molecular weight is 2260 g/mol. The van der Waals surface area contributed by atoms with E-state index < -0.39 is 0 Å². The first-order valence-electron chi connectivity index (χ1n) is 0. The van der Waals surface area contributed by atoms with Crippen molar-refractivity contribution in [3.63, 3.8) is 0 Å². The van der Waals surface area contributed by atoms with Crippen LogP contribution in [0.1, 0.15) is 0 Å². The van der Waals surface area contributed by atoms with E-state index in [1.807, 2.05) is 0 Å². The van der Waals surface area contributed by atoms with Gasteiger partial charge >= 0.3 is 313 Å². The summed E-state index contributed by atoms with van der Waals surface area (Å²) >= 11 is 0. The zero-order chi connectivity index (χ0) is 0. The molecule has 0 unspecified atom stereocenters. The van der Waals surface area contributed by atoms with Gasteiger partial charge in [0.15, 0.2) is 0 Å². The van der Waals surface area contributed by atoms with Gasteiger partial charge in [0.2, 0.25) is 0 Å². The largest absolute Gasteiger partial charge is 1.00 e. The summed E-state index contributed by atoms with van der Waals surface area (Å²) in [6, 6.07) is 0. The van der Waals surface area contributed by atoms with E-state index in [1.54, 1.807) is 0 Å². The minimum Gasteiger partial charge on any atom is -1.00 e. The van der Waals surface area contributed by atoms with E-state index in [2.05, 4.69) is 0 Å². The molecule has 0 aromatic carbocycles. The van der Waals surface area contributed by atoms with Crippen LogP contribution in [0.15, 0.2) is 0 Å². The van der Waals surface area contributed by atoms with E-state index in [0.29, 0.717) is 0 Å². The summed E-state index contributed by atoms with van der Waals surface area (Å²) < 4.78 is 0. The number of hydrogen-bond donors (Lipinski definition) is 0. The molecule has 0 aliphatic heterocycles. The molecule has 0 rings (SSSR count). The molecule has 0 aliphatic carbocycles. The van der Waals surface area contributed by atoms with Crippen molar-refractivity contribution in [3.05, 3.63) is 0 Å². The summed E-state index contributed by atoms with van der Waals surface area (Å²) in [4.78, 5) is 0. The van der Waals surface area contributed by atoms with Gasteiger partial charge in [-0.3, -0.25) is 0 Å². The summed E-state index contributed by atoms with van der Waals surface area (Å²) in [6.07, 6.45) is 0. The molecule has 0 amide bonds. The van der Waals surface area contributed by atoms with E-state index in [4.69, 9.17) is 0 Å². The Labute approximate surface area is 559 Å². The predicted octanol–water partition coefficient (Wildman–Crippen LogP) is -39.0. The fourth-order valence-electron chi connectivity index (χ4n) is 0. The normalized spacial score (nSPS) is 0. The zero-order valence-corrected chi connectivity index (χ0v) is 49.4. The predicted molar refractivity (Wildman–Crippen MR) is 50.7 cm³/mol. The van der Waals surface area contributed by atoms with Gasteiger partial charge in [0.25, 0.3) is 0 Å². The van der Waals surface area contributed by atoms with Crippen LogP contribution in [0.5, 0.6) is 0 Å². The molecule has 0 N–H and O–H groups in total. The summed E-state index contributed by atoms with van der Waals surface area (Å²) in [5.74, 6) is 0. The van der Waals surface area contributed by atoms with Crippen molar-refractivity contribution in [1.29, 1.82) is 0 Å². The van der Waals surface area contributed by atoms with E-state index in [-0.39, 0.29) is 574 Å². The van der Waals surface area contributed by atoms with Crippen molar-refractivity contribution >= 4 is 86.8 Å². The maximum Gasteiger partial charge on any atom is 1.00 e. The molecule has 35 heteroatoms. The first kappa shape index (κ1) is 484. The van der Waals surface area contributed by atoms with Gasteiger partial charge in [-0.25, -0.2) is 0 Å². The average Bonchev–Trinajstić information content (AvgIpc) is 0. The van der Waals surface area contributed by atoms with E-state index in [0.717, 1.165) is 0 Å². The molecule has 0 radical (unpaired) electrons. The van der Waals surface area contributed by atoms with Gasteiger partial charge < -0.3 is 174 Å². The molecular formula is H7Ag14Cl21. The molecule has 35 heavy (non-hydrogen) atoms. The van der Waals surface area contributed by atoms with E-state index in [1.165, 1.54) is 0 Å². The molecule has 0 saturated heterocycles. The van der Waals surface area contributed by atoms with Crippen LogP contribution < -0.4 is 174 Å². The number of rotatable bonds is 0. The van der Waals surface area contributed by atoms with Crippen LogP contribution in [0.25, 0.3) is 0 Å². The zero-order valence-electron chi connectivity index (χ0n) is 12.4. The van der Waals surface area contributed by atoms with Crippen LogP contribution in [0, 0.1) is 0 Å². The van der Waals surface area contributed by atoms with Crippen LogP contribution in [0.3, 0.4) is 0 Å². The van der Waals surface area contributed by atoms with Gasteiger partial charge in [0, 0.05) is 0 Å². The third-order valence-corrected chi connectivity index (χ3v) is 0. The maximum absolute atomic E-state index is 0. The Bertz CT molecular complexity index is 34.0. The Kier molecular flexibility index (Phi) is 6300. The van der Waals surface area contributed by atoms with Crippen LogP contribution in [0.2, 0.25) is 0 Å². The van der Waals surface area contributed by atoms with Crippen LogP contribution in [0.4, 0.5) is 0 Å². The van der Waals surface area contributed by atoms with Gasteiger partial charge in [-0.05, 0) is 0 Å². The molecule has 0 heterocycles. The molecule has 308 valence electrons. The Morgan fingerprint density at radius 2 is 0.0857 bits per heavy atom. The molecule has 0 bridgehead atoms. The molecule has 0 fully saturated rings. The topological polar surface area (TPSA) is 0 Å². The SMILES string of the molecule is Cl.Cl.Cl.Cl.Cl.Cl.Cl.[Ag+].[Ag+].[Ag+].[Ag+].[Ag+].[Ag+].[Ag+].[Ag+].[Ag+].[Ag+].[Ag+].[Ag+].[Ag+].[Ag+].[Cl-].[Cl-].[Cl-].[Cl-].[Cl-].[Cl-].[Cl-].[Cl-].[Cl-].[Cl-].[Cl-].[Cl-].[Cl-].[Cl-]. The standard InChI is InChI=1S/14Ag.21ClH/h;;;;;;;;;;;;;;21*1H/q14*+1;;;;;;;;;;;;;;;;;;;;;/p-14. The van der Waals surface area contributed by atoms with Crippen molar-refractivity contribution < 1.29 is 487 Å². The minimum absolute atomic E-state index is 0. The Morgan fingerprint density at radius 1 is 0.0857 bits per heavy atom. The number of halogens is 21. The third-order valence-electron chi connectivity index (χ3n) is 0. The summed E-state index contributed by atoms with van der Waals surface area (Å²) in [6.45, 7) is 0. The second-order valence-corrected chi connectivity index (χ2v) is 0. The molecule has 0 spiro atoms. The second-order valence-electron chi connectivity index (χ2n) is 0. The molecule has 0 atom stereocenters. The Balaban J connectivity index is 0. The van der Waals surface area contributed by atoms with Crippen LogP contribution in [-0.2, 0) is 313 Å². The fraction of sp³-hybridized carbons (Fsp3) is 0. The maximum atomic E-state index is 0. The summed E-state index contributed by atoms with van der Waals surface area (Å²) in [5.41, 5.74) is 0. The van der Waals surface area contributed by atoms with Gasteiger partial charge in [0.05, 0.1) is 0 Å². The number of hydrogen-bond acceptors (Lipinski definition) is 0. The molecule has 0 aliphatic rings. The van der Waals surface area contributed by atoms with Crippen LogP contribution in [-0.4, -0.2) is 0 Å². The Morgan fingerprint density at radius 3 is 0.0857 bits per heavy atom. The van der Waals surface area contributed by atoms with Gasteiger partial charge in [-0.1, -0.05) is 0 Å². The van der Waals surface area contributed by atoms with Crippen molar-refractivity contribution in [3.8, 4) is 0 Å². The van der Waals surface area contributed by atoms with Crippen molar-refractivity contribution in [1.82, 2.24) is 0 Å². The van der Waals surface area contributed by atoms with Gasteiger partial charge in [-0.15, -0.1) is 86.8 Å². The van der Waals surface area contributed by atoms with E-state index in [9.17, 15) is 0 Å². The summed E-state index contributed by atoms with van der Waals surface area (Å²) in [5, 5.41) is 0. The monoisotopic (exact) mass is 2240 g/mol. The molecular weight excluding hydrogens is 2250 g/mol. The molecule has 0 aromatic heterocycles.